The van der Waals surface area contributed by atoms with Gasteiger partial charge in [0.05, 0.1) is 6.61 Å². The van der Waals surface area contributed by atoms with Gasteiger partial charge in [-0.1, -0.05) is 18.2 Å². The number of aliphatic imine (C=N–C) groups is 1. The quantitative estimate of drug-likeness (QED) is 0.311. The van der Waals surface area contributed by atoms with E-state index >= 15 is 0 Å². The first-order valence-electron chi connectivity index (χ1n) is 9.99. The van der Waals surface area contributed by atoms with Crippen LogP contribution in [-0.4, -0.2) is 57.9 Å². The molecule has 0 unspecified atom stereocenters. The van der Waals surface area contributed by atoms with Crippen molar-refractivity contribution in [3.63, 3.8) is 0 Å². The average Bonchev–Trinajstić information content (AvgIpc) is 2.70. The number of unbranched alkanes of at least 4 members (excludes halogenated alkanes) is 1. The molecule has 0 amide bonds. The summed E-state index contributed by atoms with van der Waals surface area (Å²) in [7, 11) is 3.94. The zero-order chi connectivity index (χ0) is 19.5. The number of benzene rings is 1. The Morgan fingerprint density at radius 2 is 2.04 bits per heavy atom. The highest BCUT2D eigenvalue weighted by Gasteiger charge is 2.34. The van der Waals surface area contributed by atoms with Gasteiger partial charge in [0, 0.05) is 45.8 Å². The summed E-state index contributed by atoms with van der Waals surface area (Å²) in [4.78, 5) is 6.66. The van der Waals surface area contributed by atoms with E-state index < -0.39 is 0 Å². The van der Waals surface area contributed by atoms with Crippen LogP contribution >= 0.6 is 0 Å². The van der Waals surface area contributed by atoms with Gasteiger partial charge in [-0.3, -0.25) is 4.99 Å². The SMILES string of the molecule is C=CCCCN(C)C(=NC)NCC1(c2ccc(OCC)cc2)CCOCC1. The molecule has 0 atom stereocenters. The minimum atomic E-state index is 0.0564. The van der Waals surface area contributed by atoms with Gasteiger partial charge in [-0.15, -0.1) is 6.58 Å². The highest BCUT2D eigenvalue weighted by atomic mass is 16.5. The third-order valence-electron chi connectivity index (χ3n) is 5.29. The Balaban J connectivity index is 2.08. The first kappa shape index (κ1) is 21.3. The maximum absolute atomic E-state index is 5.65. The summed E-state index contributed by atoms with van der Waals surface area (Å²) in [5, 5.41) is 3.61. The monoisotopic (exact) mass is 373 g/mol. The van der Waals surface area contributed by atoms with Crippen LogP contribution in [0, 0.1) is 0 Å². The van der Waals surface area contributed by atoms with Crippen molar-refractivity contribution in [3.8, 4) is 5.75 Å². The molecule has 1 saturated heterocycles. The summed E-state index contributed by atoms with van der Waals surface area (Å²) in [5.74, 6) is 1.87. The normalized spacial score (nSPS) is 16.6. The minimum absolute atomic E-state index is 0.0564. The van der Waals surface area contributed by atoms with Crippen LogP contribution in [0.15, 0.2) is 41.9 Å². The van der Waals surface area contributed by atoms with E-state index in [1.165, 1.54) is 5.56 Å². The fourth-order valence-electron chi connectivity index (χ4n) is 3.61. The second-order valence-corrected chi connectivity index (χ2v) is 7.10. The van der Waals surface area contributed by atoms with E-state index in [0.717, 1.165) is 63.7 Å². The van der Waals surface area contributed by atoms with E-state index in [9.17, 15) is 0 Å². The molecule has 1 aromatic rings. The van der Waals surface area contributed by atoms with Gasteiger partial charge >= 0.3 is 0 Å². The first-order valence-corrected chi connectivity index (χ1v) is 9.99. The van der Waals surface area contributed by atoms with Crippen LogP contribution < -0.4 is 10.1 Å². The lowest BCUT2D eigenvalue weighted by molar-refractivity contribution is 0.0512. The Hall–Kier alpha value is -2.01. The van der Waals surface area contributed by atoms with Crippen molar-refractivity contribution in [1.82, 2.24) is 10.2 Å². The van der Waals surface area contributed by atoms with E-state index in [0.29, 0.717) is 6.61 Å². The summed E-state index contributed by atoms with van der Waals surface area (Å²) in [6, 6.07) is 8.56. The molecule has 0 aliphatic carbocycles. The molecule has 0 aromatic heterocycles. The molecule has 5 heteroatoms. The van der Waals surface area contributed by atoms with Gasteiger partial charge in [0.2, 0.25) is 0 Å². The van der Waals surface area contributed by atoms with Crippen molar-refractivity contribution >= 4 is 5.96 Å². The fourth-order valence-corrected chi connectivity index (χ4v) is 3.61. The zero-order valence-corrected chi connectivity index (χ0v) is 17.2. The molecular formula is C22H35N3O2. The zero-order valence-electron chi connectivity index (χ0n) is 17.2. The van der Waals surface area contributed by atoms with Crippen molar-refractivity contribution in [2.75, 3.05) is 47.0 Å². The number of hydrogen-bond donors (Lipinski definition) is 1. The molecule has 0 radical (unpaired) electrons. The van der Waals surface area contributed by atoms with Crippen molar-refractivity contribution in [1.29, 1.82) is 0 Å². The van der Waals surface area contributed by atoms with Crippen LogP contribution in [0.3, 0.4) is 0 Å². The smallest absolute Gasteiger partial charge is 0.193 e. The first-order chi connectivity index (χ1) is 13.1. The molecule has 2 rings (SSSR count). The van der Waals surface area contributed by atoms with Crippen molar-refractivity contribution in [3.05, 3.63) is 42.5 Å². The highest BCUT2D eigenvalue weighted by Crippen LogP contribution is 2.35. The molecule has 1 N–H and O–H groups in total. The summed E-state index contributed by atoms with van der Waals surface area (Å²) >= 11 is 0. The summed E-state index contributed by atoms with van der Waals surface area (Å²) in [6.45, 7) is 9.89. The average molecular weight is 374 g/mol. The van der Waals surface area contributed by atoms with Gasteiger partial charge in [-0.25, -0.2) is 0 Å². The number of rotatable bonds is 9. The number of nitrogens with zero attached hydrogens (tertiary/aromatic N) is 2. The van der Waals surface area contributed by atoms with Crippen LogP contribution in [0.4, 0.5) is 0 Å². The lowest BCUT2D eigenvalue weighted by Gasteiger charge is -2.39. The van der Waals surface area contributed by atoms with Crippen molar-refractivity contribution in [2.24, 2.45) is 4.99 Å². The van der Waals surface area contributed by atoms with E-state index in [2.05, 4.69) is 53.1 Å². The number of allylic oxidation sites excluding steroid dienone is 1. The molecule has 0 saturated carbocycles. The van der Waals surface area contributed by atoms with E-state index in [-0.39, 0.29) is 5.41 Å². The Bertz CT molecular complexity index is 592. The lowest BCUT2D eigenvalue weighted by atomic mass is 9.74. The van der Waals surface area contributed by atoms with Gasteiger partial charge < -0.3 is 19.7 Å². The highest BCUT2D eigenvalue weighted by molar-refractivity contribution is 5.79. The standard InChI is InChI=1S/C22H35N3O2/c1-5-7-8-15-25(4)21(23-3)24-18-22(13-16-26-17-14-22)19-9-11-20(12-10-19)27-6-2/h5,9-12H,1,6-8,13-18H2,2-4H3,(H,23,24). The number of nitrogens with one attached hydrogen (secondary N) is 1. The Morgan fingerprint density at radius 1 is 1.33 bits per heavy atom. The second kappa shape index (κ2) is 11.0. The molecule has 1 aliphatic heterocycles. The van der Waals surface area contributed by atoms with Gasteiger partial charge in [0.15, 0.2) is 5.96 Å². The molecule has 27 heavy (non-hydrogen) atoms. The lowest BCUT2D eigenvalue weighted by Crippen LogP contribution is -2.48. The molecule has 0 spiro atoms. The van der Waals surface area contributed by atoms with Gasteiger partial charge in [-0.2, -0.15) is 0 Å². The van der Waals surface area contributed by atoms with E-state index in [1.807, 2.05) is 20.0 Å². The van der Waals surface area contributed by atoms with Crippen LogP contribution in [0.5, 0.6) is 5.75 Å². The van der Waals surface area contributed by atoms with Crippen LogP contribution in [0.2, 0.25) is 0 Å². The summed E-state index contributed by atoms with van der Waals surface area (Å²) in [5.41, 5.74) is 1.40. The molecule has 0 bridgehead atoms. The molecule has 1 fully saturated rings. The van der Waals surface area contributed by atoms with Crippen molar-refractivity contribution in [2.45, 2.75) is 38.0 Å². The van der Waals surface area contributed by atoms with Gasteiger partial charge in [0.25, 0.3) is 0 Å². The third kappa shape index (κ3) is 5.99. The third-order valence-corrected chi connectivity index (χ3v) is 5.29. The van der Waals surface area contributed by atoms with Crippen molar-refractivity contribution < 1.29 is 9.47 Å². The number of ether oxygens (including phenoxy) is 2. The van der Waals surface area contributed by atoms with Crippen LogP contribution in [-0.2, 0) is 10.2 Å². The van der Waals surface area contributed by atoms with E-state index in [1.54, 1.807) is 0 Å². The fraction of sp³-hybridized carbons (Fsp3) is 0.591. The summed E-state index contributed by atoms with van der Waals surface area (Å²) in [6.07, 6.45) is 6.08. The Labute approximate surface area is 164 Å². The largest absolute Gasteiger partial charge is 0.494 e. The molecule has 5 nitrogen and oxygen atoms in total. The Kier molecular flexibility index (Phi) is 8.65. The molecule has 150 valence electrons. The molecular weight excluding hydrogens is 338 g/mol. The minimum Gasteiger partial charge on any atom is -0.494 e. The topological polar surface area (TPSA) is 46.1 Å². The molecule has 1 aliphatic rings. The second-order valence-electron chi connectivity index (χ2n) is 7.10. The number of guanidine groups is 1. The molecule has 1 heterocycles. The van der Waals surface area contributed by atoms with Crippen LogP contribution in [0.25, 0.3) is 0 Å². The van der Waals surface area contributed by atoms with Crippen LogP contribution in [0.1, 0.15) is 38.2 Å². The van der Waals surface area contributed by atoms with E-state index in [4.69, 9.17) is 9.47 Å². The number of hydrogen-bond acceptors (Lipinski definition) is 3. The predicted molar refractivity (Wildman–Crippen MR) is 113 cm³/mol. The maximum Gasteiger partial charge on any atom is 0.193 e. The molecule has 1 aromatic carbocycles. The predicted octanol–water partition coefficient (Wildman–Crippen LogP) is 3.61. The van der Waals surface area contributed by atoms with Gasteiger partial charge in [-0.05, 0) is 50.3 Å². The Morgan fingerprint density at radius 3 is 2.63 bits per heavy atom. The summed E-state index contributed by atoms with van der Waals surface area (Å²) < 4.78 is 11.3. The van der Waals surface area contributed by atoms with Gasteiger partial charge in [0.1, 0.15) is 5.75 Å². The maximum atomic E-state index is 5.65.